The van der Waals surface area contributed by atoms with Crippen molar-refractivity contribution in [3.05, 3.63) is 94.9 Å². The minimum atomic E-state index is -0.0566. The highest BCUT2D eigenvalue weighted by Crippen LogP contribution is 2.28. The highest BCUT2D eigenvalue weighted by Gasteiger charge is 2.16. The molecule has 5 rings (SSSR count). The summed E-state index contributed by atoms with van der Waals surface area (Å²) >= 11 is 0. The Morgan fingerprint density at radius 2 is 1.76 bits per heavy atom. The lowest BCUT2D eigenvalue weighted by Crippen LogP contribution is -2.24. The number of anilines is 3. The number of rotatable bonds is 4. The Bertz CT molecular complexity index is 1690. The third-order valence-corrected chi connectivity index (χ3v) is 5.81. The molecule has 3 aromatic heterocycles. The van der Waals surface area contributed by atoms with Gasteiger partial charge in [-0.3, -0.25) is 14.3 Å². The molecule has 10 heteroatoms. The van der Waals surface area contributed by atoms with Crippen LogP contribution in [0.3, 0.4) is 0 Å². The van der Waals surface area contributed by atoms with E-state index in [0.717, 1.165) is 28.3 Å². The van der Waals surface area contributed by atoms with Gasteiger partial charge in [-0.2, -0.15) is 10.2 Å². The van der Waals surface area contributed by atoms with E-state index in [9.17, 15) is 4.79 Å². The molecule has 10 nitrogen and oxygen atoms in total. The minimum Gasteiger partial charge on any atom is -0.382 e. The quantitative estimate of drug-likeness (QED) is 0.373. The summed E-state index contributed by atoms with van der Waals surface area (Å²) in [5, 5.41) is 8.97. The van der Waals surface area contributed by atoms with Crippen LogP contribution in [0, 0.1) is 11.3 Å². The lowest BCUT2D eigenvalue weighted by atomic mass is 10.0. The molecule has 5 aromatic rings. The van der Waals surface area contributed by atoms with Crippen LogP contribution >= 0.6 is 0 Å². The highest BCUT2D eigenvalue weighted by atomic mass is 16.1. The highest BCUT2D eigenvalue weighted by molar-refractivity contribution is 5.94. The number of nitrogens with zero attached hydrogens (tertiary/aromatic N) is 7. The van der Waals surface area contributed by atoms with Gasteiger partial charge in [0.1, 0.15) is 23.3 Å². The molecule has 0 aliphatic carbocycles. The van der Waals surface area contributed by atoms with Crippen molar-refractivity contribution in [3.63, 3.8) is 0 Å². The van der Waals surface area contributed by atoms with Crippen LogP contribution in [0.2, 0.25) is 0 Å². The first-order valence-corrected chi connectivity index (χ1v) is 11.8. The van der Waals surface area contributed by atoms with Crippen molar-refractivity contribution in [3.8, 4) is 22.9 Å². The van der Waals surface area contributed by atoms with Gasteiger partial charge in [-0.15, -0.1) is 0 Å². The van der Waals surface area contributed by atoms with Crippen LogP contribution < -0.4 is 21.9 Å². The van der Waals surface area contributed by atoms with Crippen molar-refractivity contribution < 1.29 is 0 Å². The number of nitrogens with two attached hydrogens (primary N) is 2. The molecule has 190 valence electrons. The summed E-state index contributed by atoms with van der Waals surface area (Å²) in [6.45, 7) is 2.02. The molecule has 2 aromatic carbocycles. The number of nitriles is 1. The summed E-state index contributed by atoms with van der Waals surface area (Å²) in [4.78, 5) is 31.9. The second-order valence-electron chi connectivity index (χ2n) is 8.52. The van der Waals surface area contributed by atoms with E-state index >= 15 is 0 Å². The van der Waals surface area contributed by atoms with Gasteiger partial charge in [-0.1, -0.05) is 37.3 Å². The monoisotopic (exact) mass is 505 g/mol. The number of para-hydroxylation sites is 1. The molecule has 0 bridgehead atoms. The van der Waals surface area contributed by atoms with Crippen LogP contribution in [0.5, 0.6) is 0 Å². The standard InChI is InChI=1S/C23H22N4O.C5H5N5/c1-4-21-25-20-12-8-11-19(16-13-18(26(2)3)15-24-14-16)22(20)23(28)27(21)17-9-6-5-7-10-17;6-1-3-2-9-5(8)10-4(3)7/h5-15H,4H2,1-3H3;2H,(H4,7,8,9,10). The summed E-state index contributed by atoms with van der Waals surface area (Å²) in [7, 11) is 3.95. The Kier molecular flexibility index (Phi) is 7.58. The molecule has 3 heterocycles. The van der Waals surface area contributed by atoms with Gasteiger partial charge in [0.15, 0.2) is 0 Å². The first-order chi connectivity index (χ1) is 18.3. The van der Waals surface area contributed by atoms with E-state index in [2.05, 4.69) is 15.0 Å². The molecular formula is C28H27N9O. The average Bonchev–Trinajstić information content (AvgIpc) is 2.93. The zero-order valence-corrected chi connectivity index (χ0v) is 21.3. The molecule has 0 saturated carbocycles. The van der Waals surface area contributed by atoms with E-state index in [1.807, 2.05) is 92.8 Å². The molecule has 0 unspecified atom stereocenters. The first-order valence-electron chi connectivity index (χ1n) is 11.8. The fourth-order valence-corrected chi connectivity index (χ4v) is 3.91. The second kappa shape index (κ2) is 11.2. The van der Waals surface area contributed by atoms with Crippen molar-refractivity contribution in [2.45, 2.75) is 13.3 Å². The molecule has 0 spiro atoms. The van der Waals surface area contributed by atoms with Gasteiger partial charge < -0.3 is 16.4 Å². The normalized spacial score (nSPS) is 10.4. The van der Waals surface area contributed by atoms with Crippen molar-refractivity contribution in [2.24, 2.45) is 0 Å². The topological polar surface area (TPSA) is 153 Å². The van der Waals surface area contributed by atoms with E-state index in [1.165, 1.54) is 6.20 Å². The zero-order chi connectivity index (χ0) is 27.2. The summed E-state index contributed by atoms with van der Waals surface area (Å²) < 4.78 is 1.72. The number of benzene rings is 2. The Hall–Kier alpha value is -5.30. The maximum absolute atomic E-state index is 13.6. The number of hydrogen-bond donors (Lipinski definition) is 2. The molecular weight excluding hydrogens is 478 g/mol. The third kappa shape index (κ3) is 5.27. The lowest BCUT2D eigenvalue weighted by molar-refractivity contribution is 0.833. The molecule has 0 fully saturated rings. The van der Waals surface area contributed by atoms with Gasteiger partial charge in [-0.25, -0.2) is 9.97 Å². The Morgan fingerprint density at radius 1 is 1.00 bits per heavy atom. The van der Waals surface area contributed by atoms with Gasteiger partial charge >= 0.3 is 0 Å². The van der Waals surface area contributed by atoms with Gasteiger partial charge in [0.05, 0.1) is 34.7 Å². The second-order valence-corrected chi connectivity index (χ2v) is 8.52. The van der Waals surface area contributed by atoms with E-state index < -0.39 is 0 Å². The molecule has 0 saturated heterocycles. The Balaban J connectivity index is 0.000000283. The Labute approximate surface area is 219 Å². The van der Waals surface area contributed by atoms with Gasteiger partial charge in [-0.05, 0) is 29.8 Å². The number of pyridine rings is 1. The predicted molar refractivity (Wildman–Crippen MR) is 150 cm³/mol. The van der Waals surface area contributed by atoms with E-state index in [-0.39, 0.29) is 22.9 Å². The summed E-state index contributed by atoms with van der Waals surface area (Å²) in [5.74, 6) is 0.951. The smallest absolute Gasteiger partial charge is 0.266 e. The number of aryl methyl sites for hydroxylation is 1. The number of nitrogen functional groups attached to an aromatic ring is 2. The predicted octanol–water partition coefficient (Wildman–Crippen LogP) is 3.59. The van der Waals surface area contributed by atoms with Crippen LogP contribution in [0.1, 0.15) is 18.3 Å². The average molecular weight is 506 g/mol. The summed E-state index contributed by atoms with van der Waals surface area (Å²) in [6, 6.07) is 19.3. The van der Waals surface area contributed by atoms with Crippen LogP contribution in [0.4, 0.5) is 17.5 Å². The molecule has 0 aliphatic rings. The van der Waals surface area contributed by atoms with Crippen molar-refractivity contribution in [2.75, 3.05) is 30.5 Å². The van der Waals surface area contributed by atoms with Crippen molar-refractivity contribution >= 4 is 28.4 Å². The lowest BCUT2D eigenvalue weighted by Gasteiger charge is -2.16. The van der Waals surface area contributed by atoms with Gasteiger partial charge in [0, 0.05) is 32.3 Å². The fourth-order valence-electron chi connectivity index (χ4n) is 3.91. The fraction of sp³-hybridized carbons (Fsp3) is 0.143. The van der Waals surface area contributed by atoms with Crippen molar-refractivity contribution in [1.82, 2.24) is 24.5 Å². The third-order valence-electron chi connectivity index (χ3n) is 5.81. The number of hydrogen-bond acceptors (Lipinski definition) is 9. The Morgan fingerprint density at radius 3 is 2.42 bits per heavy atom. The first kappa shape index (κ1) is 25.8. The molecule has 38 heavy (non-hydrogen) atoms. The number of aromatic nitrogens is 5. The largest absolute Gasteiger partial charge is 0.382 e. The SMILES string of the molecule is CCc1nc2cccc(-c3cncc(N(C)C)c3)c2c(=O)n1-c1ccccc1.N#Cc1cnc(N)nc1N. The van der Waals surface area contributed by atoms with Gasteiger partial charge in [0.2, 0.25) is 5.95 Å². The van der Waals surface area contributed by atoms with Crippen LogP contribution in [-0.2, 0) is 6.42 Å². The van der Waals surface area contributed by atoms with Crippen LogP contribution in [0.25, 0.3) is 27.7 Å². The summed E-state index contributed by atoms with van der Waals surface area (Å²) in [6.07, 6.45) is 5.56. The molecule has 0 aliphatic heterocycles. The molecule has 4 N–H and O–H groups in total. The van der Waals surface area contributed by atoms with E-state index in [1.54, 1.807) is 10.8 Å². The van der Waals surface area contributed by atoms with E-state index in [4.69, 9.17) is 21.7 Å². The van der Waals surface area contributed by atoms with Crippen LogP contribution in [-0.4, -0.2) is 38.6 Å². The maximum Gasteiger partial charge on any atom is 0.266 e. The molecule has 0 amide bonds. The van der Waals surface area contributed by atoms with Crippen LogP contribution in [0.15, 0.2) is 78.0 Å². The van der Waals surface area contributed by atoms with Gasteiger partial charge in [0.25, 0.3) is 5.56 Å². The minimum absolute atomic E-state index is 0.0566. The zero-order valence-electron chi connectivity index (χ0n) is 21.3. The molecule has 0 atom stereocenters. The van der Waals surface area contributed by atoms with E-state index in [0.29, 0.717) is 17.3 Å². The van der Waals surface area contributed by atoms with Crippen molar-refractivity contribution in [1.29, 1.82) is 5.26 Å². The molecule has 0 radical (unpaired) electrons. The summed E-state index contributed by atoms with van der Waals surface area (Å²) in [5.41, 5.74) is 14.9. The maximum atomic E-state index is 13.6. The number of fused-ring (bicyclic) bond motifs is 1.